The molecule has 0 radical (unpaired) electrons. The smallest absolute Gasteiger partial charge is 0.271 e. The lowest BCUT2D eigenvalue weighted by Gasteiger charge is -2.14. The maximum atomic E-state index is 15.9. The van der Waals surface area contributed by atoms with Gasteiger partial charge < -0.3 is 59.6 Å². The maximum Gasteiger partial charge on any atom is 0.271 e. The third-order valence-electron chi connectivity index (χ3n) is 24.3. The molecule has 29 nitrogen and oxygen atoms in total. The van der Waals surface area contributed by atoms with Crippen molar-refractivity contribution in [3.63, 3.8) is 0 Å². The van der Waals surface area contributed by atoms with Crippen LogP contribution < -0.4 is 66.6 Å². The Morgan fingerprint density at radius 2 is 0.691 bits per heavy atom. The van der Waals surface area contributed by atoms with Crippen molar-refractivity contribution in [3.05, 3.63) is 335 Å². The molecular weight excluding hydrogens is 1930 g/mol. The number of anilines is 3. The summed E-state index contributed by atoms with van der Waals surface area (Å²) >= 11 is 0. The fourth-order valence-corrected chi connectivity index (χ4v) is 16.5. The van der Waals surface area contributed by atoms with Crippen molar-refractivity contribution in [2.24, 2.45) is 5.92 Å². The average Bonchev–Trinajstić information content (AvgIpc) is 1.45. The van der Waals surface area contributed by atoms with E-state index in [2.05, 4.69) is 72.0 Å². The van der Waals surface area contributed by atoms with Gasteiger partial charge in [0.25, 0.3) is 45.9 Å². The molecule has 0 saturated heterocycles. The summed E-state index contributed by atoms with van der Waals surface area (Å²) in [7, 11) is -3.98. The number of H-pyrrole nitrogens is 4. The molecule has 0 aliphatic heterocycles. The van der Waals surface area contributed by atoms with Crippen LogP contribution in [0.2, 0.25) is 0 Å². The van der Waals surface area contributed by atoms with Crippen molar-refractivity contribution < 1.29 is 68.8 Å². The van der Waals surface area contributed by atoms with E-state index in [-0.39, 0.29) is 67.3 Å². The first kappa shape index (κ1) is 110. The summed E-state index contributed by atoms with van der Waals surface area (Å²) < 4.78 is 120. The van der Waals surface area contributed by atoms with Crippen molar-refractivity contribution >= 4 is 50.7 Å². The summed E-state index contributed by atoms with van der Waals surface area (Å²) in [6.07, 6.45) is 20.7. The van der Waals surface area contributed by atoms with Gasteiger partial charge in [-0.2, -0.15) is 15.3 Å². The molecule has 15 aromatic rings. The van der Waals surface area contributed by atoms with Gasteiger partial charge in [0.2, 0.25) is 10.0 Å². The number of nitrogens with zero attached hydrogens (tertiary/aromatic N) is 6. The number of aromatic amines is 4. The van der Waals surface area contributed by atoms with E-state index >= 15 is 17.6 Å². The van der Waals surface area contributed by atoms with Crippen LogP contribution in [0.1, 0.15) is 196 Å². The summed E-state index contributed by atoms with van der Waals surface area (Å²) in [4.78, 5) is 116. The van der Waals surface area contributed by atoms with Crippen LogP contribution in [0, 0.1) is 50.0 Å². The third-order valence-corrected chi connectivity index (χ3v) is 24.8. The van der Waals surface area contributed by atoms with Gasteiger partial charge in [-0.3, -0.25) is 52.4 Å². The quantitative estimate of drug-likeness (QED) is 0.0130. The molecule has 0 spiro atoms. The highest BCUT2D eigenvalue weighted by Gasteiger charge is 2.31. The van der Waals surface area contributed by atoms with E-state index in [1.807, 2.05) is 83.6 Å². The molecule has 0 atom stereocenters. The molecule has 778 valence electrons. The molecule has 1 saturated carbocycles. The van der Waals surface area contributed by atoms with E-state index in [1.54, 1.807) is 196 Å². The first-order valence-electron chi connectivity index (χ1n) is 50.1. The third kappa shape index (κ3) is 30.3. The summed E-state index contributed by atoms with van der Waals surface area (Å²) in [5.74, 6) is -2.25. The molecule has 4 amide bonds. The Kier molecular flexibility index (Phi) is 38.9. The molecule has 1 aliphatic carbocycles. The van der Waals surface area contributed by atoms with Gasteiger partial charge in [0, 0.05) is 118 Å². The van der Waals surface area contributed by atoms with Gasteiger partial charge >= 0.3 is 0 Å². The number of rotatable bonds is 42. The minimum absolute atomic E-state index is 0.0755. The van der Waals surface area contributed by atoms with Gasteiger partial charge in [-0.25, -0.2) is 30.7 Å². The summed E-state index contributed by atoms with van der Waals surface area (Å²) in [5, 5.41) is 22.0. The van der Waals surface area contributed by atoms with Crippen LogP contribution in [0.4, 0.5) is 34.6 Å². The van der Waals surface area contributed by atoms with E-state index in [1.165, 1.54) is 31.0 Å². The number of carbonyl (C=O) groups is 4. The van der Waals surface area contributed by atoms with Crippen molar-refractivity contribution in [1.82, 2.24) is 54.0 Å². The zero-order valence-corrected chi connectivity index (χ0v) is 86.1. The Hall–Kier alpha value is -16.3. The molecule has 16 rings (SSSR count). The van der Waals surface area contributed by atoms with Gasteiger partial charge in [0.15, 0.2) is 5.82 Å². The Bertz CT molecular complexity index is 7550. The second kappa shape index (κ2) is 52.7. The van der Waals surface area contributed by atoms with Crippen molar-refractivity contribution in [2.75, 3.05) is 55.2 Å². The Morgan fingerprint density at radius 3 is 1.05 bits per heavy atom. The molecule has 34 heteroatoms. The van der Waals surface area contributed by atoms with E-state index in [0.717, 1.165) is 107 Å². The predicted octanol–water partition coefficient (Wildman–Crippen LogP) is 23.5. The number of amides is 4. The SMILES string of the molecule is CCCCCCOc1ccc(-c2[nH]c(=O)c(C(=O)NS(C)(=O)=O)c(-c3ccc(C)cc3)c2F)cc1.CCCCCCOc1ccc(-c2cc(-c3ccn(CC4CC4)n3)c(C(=O)Nc3ccc(C)cc3)c(=O)[nH]2)c(F)c1.CCCCOc1ccc(-c2cc(-c3ccn(CC)n3)c(C(=O)Nc3ccc(C)cc3)c(=O)[nH]2)c(F)c1.CCCCOc1ccc(-c2cc(-c3ccn(CC)n3)c(C(=O)Nc3ccc(OCC)cc3)c(=O)[nH]2)c(F)c1. The number of aromatic nitrogens is 10. The molecule has 0 unspecified atom stereocenters. The highest BCUT2D eigenvalue weighted by atomic mass is 32.2. The molecule has 7 heterocycles. The van der Waals surface area contributed by atoms with Crippen molar-refractivity contribution in [3.8, 4) is 119 Å². The molecule has 149 heavy (non-hydrogen) atoms. The number of halogens is 4. The molecular formula is C115H124F4N14O15S. The molecule has 8 N–H and O–H groups in total. The standard InChI is InChI=1S/C32H35FN4O3.C29H31FN4O4.C28H29FN4O3.C26H29FN2O5S/c1-3-4-5-6-17-40-24-13-14-25(27(33)18-24)29-19-26(28-15-16-37(36-28)20-22-9-10-22)30(32(39)35-29)31(38)34-23-11-7-21(2)8-12-23;1-4-7-16-38-21-12-13-22(24(30)17-21)26-18-23(25-14-15-34(5-2)33-25)27(29(36)32-26)28(35)31-19-8-10-20(11-9-19)37-6-3;1-4-6-15-36-20-11-12-21(23(29)16-20)25-17-22(24-13-14-33(5-2)32-24)26(28(35)31-25)27(34)30-19-9-7-18(3)8-10-19;1-4-5-6-7-16-34-20-14-12-19(13-15-20)24-23(27)21(18-10-8-17(2)9-11-18)22(25(30)28-24)26(31)29-35(3,32)33/h7-8,11-16,18-19,22H,3-6,9-10,17,20H2,1-2H3,(H,34,38)(H,35,39);8-15,17-18H,4-7,16H2,1-3H3,(H,31,35)(H,32,36);7-14,16-17H,4-6,15H2,1-3H3,(H,30,34)(H,31,35);8-15H,4-7,16H2,1-3H3,(H,28,30)(H,29,31). The number of unbranched alkanes of at least 4 members (excludes halogenated alkanes) is 8. The summed E-state index contributed by atoms with van der Waals surface area (Å²) in [5.41, 5.74) is 4.75. The summed E-state index contributed by atoms with van der Waals surface area (Å²) in [6, 6.07) is 58.2. The van der Waals surface area contributed by atoms with Crippen LogP contribution in [0.5, 0.6) is 28.7 Å². The van der Waals surface area contributed by atoms with E-state index in [0.29, 0.717) is 137 Å². The fraction of sp³-hybridized carbons (Fsp3) is 0.296. The molecule has 8 aromatic carbocycles. The molecule has 1 fully saturated rings. The van der Waals surface area contributed by atoms with Crippen LogP contribution in [-0.4, -0.2) is 121 Å². The molecule has 7 aromatic heterocycles. The van der Waals surface area contributed by atoms with Gasteiger partial charge in [-0.1, -0.05) is 144 Å². The number of benzene rings is 8. The Labute approximate surface area is 861 Å². The normalized spacial score (nSPS) is 11.5. The second-order valence-corrected chi connectivity index (χ2v) is 37.8. The highest BCUT2D eigenvalue weighted by Crippen LogP contribution is 2.38. The topological polar surface area (TPSA) is 382 Å². The number of ether oxygens (including phenoxy) is 5. The molecule has 1 aliphatic rings. The number of hydrogen-bond donors (Lipinski definition) is 8. The fourth-order valence-electron chi connectivity index (χ4n) is 16.0. The number of pyridine rings is 4. The Balaban J connectivity index is 0.000000166. The van der Waals surface area contributed by atoms with Crippen molar-refractivity contribution in [2.45, 2.75) is 179 Å². The van der Waals surface area contributed by atoms with Gasteiger partial charge in [-0.05, 0) is 237 Å². The van der Waals surface area contributed by atoms with Gasteiger partial charge in [-0.15, -0.1) is 0 Å². The maximum absolute atomic E-state index is 15.9. The lowest BCUT2D eigenvalue weighted by atomic mass is 9.96. The number of aryl methyl sites for hydroxylation is 5. The first-order chi connectivity index (χ1) is 71.8. The van der Waals surface area contributed by atoms with Gasteiger partial charge in [0.05, 0.1) is 79.1 Å². The number of sulfonamides is 1. The number of nitrogens with one attached hydrogen (secondary N) is 8. The van der Waals surface area contributed by atoms with E-state index in [9.17, 15) is 46.8 Å². The largest absolute Gasteiger partial charge is 0.494 e. The van der Waals surface area contributed by atoms with Crippen LogP contribution >= 0.6 is 0 Å². The minimum atomic E-state index is -3.98. The lowest BCUT2D eigenvalue weighted by molar-refractivity contribution is 0.0976. The minimum Gasteiger partial charge on any atom is -0.494 e. The van der Waals surface area contributed by atoms with Crippen LogP contribution in [-0.2, 0) is 29.7 Å². The van der Waals surface area contributed by atoms with Crippen LogP contribution in [0.3, 0.4) is 0 Å². The predicted molar refractivity (Wildman–Crippen MR) is 574 cm³/mol. The van der Waals surface area contributed by atoms with Crippen molar-refractivity contribution in [1.29, 1.82) is 0 Å². The second-order valence-electron chi connectivity index (χ2n) is 36.1. The Morgan fingerprint density at radius 1 is 0.362 bits per heavy atom. The lowest BCUT2D eigenvalue weighted by Crippen LogP contribution is -2.34. The average molecular weight is 2050 g/mol. The highest BCUT2D eigenvalue weighted by molar-refractivity contribution is 7.89. The van der Waals surface area contributed by atoms with Gasteiger partial charge in [0.1, 0.15) is 68.5 Å². The number of hydrogen-bond acceptors (Lipinski definition) is 18. The zero-order chi connectivity index (χ0) is 106. The first-order valence-corrected chi connectivity index (χ1v) is 52.0. The van der Waals surface area contributed by atoms with E-state index < -0.39 is 84.7 Å². The number of carbonyl (C=O) groups excluding carboxylic acids is 4. The van der Waals surface area contributed by atoms with Crippen LogP contribution in [0.15, 0.2) is 250 Å². The summed E-state index contributed by atoms with van der Waals surface area (Å²) in [6.45, 7) is 24.5. The van der Waals surface area contributed by atoms with Crippen LogP contribution in [0.25, 0.3) is 89.9 Å². The van der Waals surface area contributed by atoms with E-state index in [4.69, 9.17) is 23.7 Å². The monoisotopic (exact) mass is 2050 g/mol. The zero-order valence-electron chi connectivity index (χ0n) is 85.3. The molecule has 0 bridgehead atoms.